The fourth-order valence-electron chi connectivity index (χ4n) is 5.37. The van der Waals surface area contributed by atoms with Gasteiger partial charge in [-0.25, -0.2) is 14.3 Å². The van der Waals surface area contributed by atoms with Gasteiger partial charge in [-0.1, -0.05) is 37.3 Å². The summed E-state index contributed by atoms with van der Waals surface area (Å²) in [6.07, 6.45) is 2.15. The number of benzene rings is 1. The molecule has 3 aromatic heterocycles. The summed E-state index contributed by atoms with van der Waals surface area (Å²) in [5.41, 5.74) is 2.27. The van der Waals surface area contributed by atoms with E-state index in [9.17, 15) is 19.8 Å². The zero-order chi connectivity index (χ0) is 27.9. The largest absolute Gasteiger partial charge is 0.491 e. The average molecular weight is 546 g/mol. The third-order valence-electron chi connectivity index (χ3n) is 7.49. The van der Waals surface area contributed by atoms with E-state index in [1.54, 1.807) is 23.4 Å². The molecule has 2 fully saturated rings. The number of rotatable bonds is 9. The summed E-state index contributed by atoms with van der Waals surface area (Å²) in [4.78, 5) is 35.0. The summed E-state index contributed by atoms with van der Waals surface area (Å²) in [5, 5.41) is 28.4. The number of carbonyl (C=O) groups excluding carboxylic acids is 1. The highest BCUT2D eigenvalue weighted by atomic mass is 16.5. The van der Waals surface area contributed by atoms with Crippen molar-refractivity contribution < 1.29 is 19.7 Å². The Morgan fingerprint density at radius 3 is 2.67 bits per heavy atom. The smallest absolute Gasteiger partial charge is 0.318 e. The zero-order valence-corrected chi connectivity index (χ0v) is 22.0. The Morgan fingerprint density at radius 2 is 1.93 bits per heavy atom. The number of nitrogens with one attached hydrogen (secondary N) is 2. The van der Waals surface area contributed by atoms with E-state index in [0.717, 1.165) is 11.3 Å². The highest BCUT2D eigenvalue weighted by Gasteiger charge is 2.51. The minimum absolute atomic E-state index is 0.0158. The number of carbonyl (C=O) groups is 1. The highest BCUT2D eigenvalue weighted by Crippen LogP contribution is 2.32. The molecule has 12 heteroatoms. The number of H-pyrrole nitrogens is 1. The van der Waals surface area contributed by atoms with Gasteiger partial charge in [-0.3, -0.25) is 4.79 Å². The van der Waals surface area contributed by atoms with Crippen molar-refractivity contribution in [3.8, 4) is 5.75 Å². The number of aliphatic hydroxyl groups excluding tert-OH is 2. The molecule has 0 saturated carbocycles. The minimum atomic E-state index is -1.13. The second-order valence-electron chi connectivity index (χ2n) is 10.6. The molecular weight excluding hydrogens is 514 g/mol. The predicted octanol–water partition coefficient (Wildman–Crippen LogP) is 1.41. The Bertz CT molecular complexity index is 1580. The van der Waals surface area contributed by atoms with Gasteiger partial charge in [0.05, 0.1) is 31.5 Å². The fourth-order valence-corrected chi connectivity index (χ4v) is 5.37. The van der Waals surface area contributed by atoms with E-state index in [0.29, 0.717) is 43.2 Å². The Balaban J connectivity index is 1.11. The third-order valence-corrected chi connectivity index (χ3v) is 7.49. The second kappa shape index (κ2) is 10.3. The maximum atomic E-state index is 12.7. The first-order chi connectivity index (χ1) is 19.3. The van der Waals surface area contributed by atoms with Crippen molar-refractivity contribution in [3.05, 3.63) is 88.2 Å². The lowest BCUT2D eigenvalue weighted by atomic mass is 9.90. The number of anilines is 1. The van der Waals surface area contributed by atoms with Crippen molar-refractivity contribution >= 4 is 17.4 Å². The summed E-state index contributed by atoms with van der Waals surface area (Å²) < 4.78 is 7.50. The molecule has 0 radical (unpaired) electrons. The van der Waals surface area contributed by atoms with Gasteiger partial charge in [-0.2, -0.15) is 0 Å². The molecule has 2 saturated heterocycles. The van der Waals surface area contributed by atoms with Crippen LogP contribution in [0.15, 0.2) is 65.7 Å². The molecular formula is C28H31N7O5. The average Bonchev–Trinajstić information content (AvgIpc) is 3.52. The Labute approximate surface area is 229 Å². The SMILES string of the molecule is C[C@@H](COc1cc(CO)c2nc(C(O)CN3CC4(CN(c5cc[nH]c(=O)c5)C4)NC3=O)nn2c1)c1ccccc1. The van der Waals surface area contributed by atoms with Crippen molar-refractivity contribution in [2.24, 2.45) is 0 Å². The van der Waals surface area contributed by atoms with Gasteiger partial charge in [-0.15, -0.1) is 5.10 Å². The van der Waals surface area contributed by atoms with E-state index in [1.165, 1.54) is 10.6 Å². The first kappa shape index (κ1) is 25.8. The number of ether oxygens (including phenoxy) is 1. The number of amides is 2. The molecule has 1 spiro atoms. The van der Waals surface area contributed by atoms with Crippen LogP contribution in [0.3, 0.4) is 0 Å². The molecule has 2 amide bonds. The number of aromatic nitrogens is 4. The second-order valence-corrected chi connectivity index (χ2v) is 10.6. The van der Waals surface area contributed by atoms with E-state index >= 15 is 0 Å². The molecule has 0 aliphatic carbocycles. The molecule has 5 heterocycles. The van der Waals surface area contributed by atoms with Gasteiger partial charge in [0, 0.05) is 49.1 Å². The zero-order valence-electron chi connectivity index (χ0n) is 22.0. The van der Waals surface area contributed by atoms with Crippen LogP contribution in [0, 0.1) is 0 Å². The normalized spacial score (nSPS) is 17.6. The Kier molecular flexibility index (Phi) is 6.64. The van der Waals surface area contributed by atoms with Gasteiger partial charge in [0.25, 0.3) is 0 Å². The molecule has 2 aliphatic rings. The minimum Gasteiger partial charge on any atom is -0.491 e. The van der Waals surface area contributed by atoms with Gasteiger partial charge in [0.1, 0.15) is 11.9 Å². The lowest BCUT2D eigenvalue weighted by Gasteiger charge is -2.48. The number of hydrogen-bond donors (Lipinski definition) is 4. The van der Waals surface area contributed by atoms with Gasteiger partial charge in [0.15, 0.2) is 11.5 Å². The van der Waals surface area contributed by atoms with Crippen LogP contribution in [0.5, 0.6) is 5.75 Å². The fraction of sp³-hybridized carbons (Fsp3) is 0.357. The summed E-state index contributed by atoms with van der Waals surface area (Å²) >= 11 is 0. The molecule has 2 atom stereocenters. The molecule has 208 valence electrons. The number of β-amino-alcohol motifs (C(OH)–C–C–N with tert-alkyl or cyclic N) is 1. The van der Waals surface area contributed by atoms with Crippen molar-refractivity contribution in [2.45, 2.75) is 31.1 Å². The van der Waals surface area contributed by atoms with Crippen molar-refractivity contribution in [3.63, 3.8) is 0 Å². The molecule has 1 aromatic carbocycles. The monoisotopic (exact) mass is 545 g/mol. The van der Waals surface area contributed by atoms with E-state index in [4.69, 9.17) is 4.74 Å². The van der Waals surface area contributed by atoms with Crippen molar-refractivity contribution in [2.75, 3.05) is 37.7 Å². The number of pyridine rings is 2. The van der Waals surface area contributed by atoms with Crippen molar-refractivity contribution in [1.29, 1.82) is 0 Å². The molecule has 40 heavy (non-hydrogen) atoms. The van der Waals surface area contributed by atoms with E-state index in [2.05, 4.69) is 39.4 Å². The summed E-state index contributed by atoms with van der Waals surface area (Å²) in [5.74, 6) is 0.841. The molecule has 6 rings (SSSR count). The van der Waals surface area contributed by atoms with Crippen LogP contribution in [-0.2, 0) is 6.61 Å². The molecule has 4 N–H and O–H groups in total. The lowest BCUT2D eigenvalue weighted by molar-refractivity contribution is 0.120. The van der Waals surface area contributed by atoms with Crippen LogP contribution in [0.25, 0.3) is 5.65 Å². The molecule has 1 unspecified atom stereocenters. The Morgan fingerprint density at radius 1 is 1.12 bits per heavy atom. The first-order valence-electron chi connectivity index (χ1n) is 13.2. The molecule has 4 aromatic rings. The Hall–Kier alpha value is -4.42. The van der Waals surface area contributed by atoms with Crippen LogP contribution in [0.4, 0.5) is 10.5 Å². The summed E-state index contributed by atoms with van der Waals surface area (Å²) in [7, 11) is 0. The number of hydrogen-bond acceptors (Lipinski definition) is 8. The van der Waals surface area contributed by atoms with Crippen LogP contribution in [-0.4, -0.2) is 79.1 Å². The van der Waals surface area contributed by atoms with Crippen LogP contribution in [0.1, 0.15) is 35.9 Å². The topological polar surface area (TPSA) is 148 Å². The third kappa shape index (κ3) is 4.98. The van der Waals surface area contributed by atoms with E-state index < -0.39 is 11.6 Å². The number of aliphatic hydroxyl groups is 2. The number of urea groups is 1. The van der Waals surface area contributed by atoms with Crippen LogP contribution >= 0.6 is 0 Å². The number of nitrogens with zero attached hydrogens (tertiary/aromatic N) is 5. The number of fused-ring (bicyclic) bond motifs is 1. The standard InChI is InChI=1S/C28H31N7O5/c1-18(19-5-3-2-4-6-19)14-40-22-9-20(13-36)26-30-25(32-35(26)11-22)23(37)12-33-15-28(31-27(33)39)16-34(17-28)21-7-8-29-24(38)10-21/h2-11,18,23,36-37H,12-17H2,1H3,(H,29,38)(H,31,39)/t18-,23?/m0/s1. The first-order valence-corrected chi connectivity index (χ1v) is 13.2. The summed E-state index contributed by atoms with van der Waals surface area (Å²) in [6.45, 7) is 3.79. The van der Waals surface area contributed by atoms with Crippen LogP contribution < -0.4 is 20.5 Å². The highest BCUT2D eigenvalue weighted by molar-refractivity contribution is 5.79. The molecule has 12 nitrogen and oxygen atoms in total. The number of aromatic amines is 1. The van der Waals surface area contributed by atoms with Gasteiger partial charge in [-0.05, 0) is 17.7 Å². The van der Waals surface area contributed by atoms with Crippen LogP contribution in [0.2, 0.25) is 0 Å². The van der Waals surface area contributed by atoms with E-state index in [1.807, 2.05) is 29.2 Å². The van der Waals surface area contributed by atoms with E-state index in [-0.39, 0.29) is 36.5 Å². The maximum absolute atomic E-state index is 12.7. The molecule has 0 bridgehead atoms. The van der Waals surface area contributed by atoms with Gasteiger partial charge in [0.2, 0.25) is 5.56 Å². The quantitative estimate of drug-likeness (QED) is 0.247. The van der Waals surface area contributed by atoms with Gasteiger partial charge >= 0.3 is 6.03 Å². The van der Waals surface area contributed by atoms with Crippen molar-refractivity contribution in [1.82, 2.24) is 29.8 Å². The predicted molar refractivity (Wildman–Crippen MR) is 146 cm³/mol. The van der Waals surface area contributed by atoms with Gasteiger partial charge < -0.3 is 35.1 Å². The lowest BCUT2D eigenvalue weighted by Crippen LogP contribution is -2.69. The maximum Gasteiger partial charge on any atom is 0.318 e. The summed E-state index contributed by atoms with van der Waals surface area (Å²) in [6, 6.07) is 14.9. The molecule has 2 aliphatic heterocycles.